The van der Waals surface area contributed by atoms with E-state index >= 15 is 0 Å². The number of benzene rings is 1. The lowest BCUT2D eigenvalue weighted by Crippen LogP contribution is -2.44. The Bertz CT molecular complexity index is 567. The summed E-state index contributed by atoms with van der Waals surface area (Å²) in [6.45, 7) is 6.25. The summed E-state index contributed by atoms with van der Waals surface area (Å²) in [5.41, 5.74) is -0.560. The second-order valence-corrected chi connectivity index (χ2v) is 7.39. The monoisotopic (exact) mass is 353 g/mol. The standard InChI is InChI=1S/C16H20BrNO3/c1-15(2,11-4-6-12(17)7-5-11)13(19)18-9-8-16(3,10-18)14(20)21/h4-7H,8-10H2,1-3H3,(H,20,21). The number of rotatable bonds is 3. The lowest BCUT2D eigenvalue weighted by Gasteiger charge is -2.30. The van der Waals surface area contributed by atoms with Crippen LogP contribution < -0.4 is 0 Å². The summed E-state index contributed by atoms with van der Waals surface area (Å²) >= 11 is 3.39. The first-order valence-corrected chi connectivity index (χ1v) is 7.75. The van der Waals surface area contributed by atoms with Crippen LogP contribution in [0.3, 0.4) is 0 Å². The van der Waals surface area contributed by atoms with Gasteiger partial charge in [0.2, 0.25) is 5.91 Å². The van der Waals surface area contributed by atoms with Crippen LogP contribution in [-0.4, -0.2) is 35.0 Å². The first kappa shape index (κ1) is 16.0. The second-order valence-electron chi connectivity index (χ2n) is 6.47. The minimum absolute atomic E-state index is 0.0187. The Labute approximate surface area is 133 Å². The van der Waals surface area contributed by atoms with Crippen molar-refractivity contribution in [2.45, 2.75) is 32.6 Å². The molecule has 2 rings (SSSR count). The van der Waals surface area contributed by atoms with Gasteiger partial charge in [0.1, 0.15) is 0 Å². The Morgan fingerprint density at radius 1 is 1.29 bits per heavy atom. The Hall–Kier alpha value is -1.36. The fraction of sp³-hybridized carbons (Fsp3) is 0.500. The molecule has 1 aromatic carbocycles. The third-order valence-corrected chi connectivity index (χ3v) is 4.91. The van der Waals surface area contributed by atoms with Crippen LogP contribution >= 0.6 is 15.9 Å². The molecule has 1 saturated heterocycles. The highest BCUT2D eigenvalue weighted by Crippen LogP contribution is 2.34. The number of aliphatic carboxylic acids is 1. The van der Waals surface area contributed by atoms with Gasteiger partial charge in [-0.05, 0) is 44.9 Å². The second kappa shape index (κ2) is 5.44. The molecule has 4 nitrogen and oxygen atoms in total. The molecular formula is C16H20BrNO3. The number of hydrogen-bond acceptors (Lipinski definition) is 2. The molecule has 5 heteroatoms. The molecule has 1 fully saturated rings. The van der Waals surface area contributed by atoms with Gasteiger partial charge in [0, 0.05) is 17.6 Å². The van der Waals surface area contributed by atoms with Crippen molar-refractivity contribution in [3.63, 3.8) is 0 Å². The van der Waals surface area contributed by atoms with E-state index in [9.17, 15) is 14.7 Å². The lowest BCUT2D eigenvalue weighted by molar-refractivity contribution is -0.147. The van der Waals surface area contributed by atoms with Crippen molar-refractivity contribution < 1.29 is 14.7 Å². The molecule has 0 radical (unpaired) electrons. The van der Waals surface area contributed by atoms with Crippen molar-refractivity contribution in [2.75, 3.05) is 13.1 Å². The van der Waals surface area contributed by atoms with Crippen molar-refractivity contribution >= 4 is 27.8 Å². The number of carboxylic acid groups (broad SMARTS) is 1. The van der Waals surface area contributed by atoms with Crippen LogP contribution in [-0.2, 0) is 15.0 Å². The topological polar surface area (TPSA) is 57.6 Å². The number of likely N-dealkylation sites (tertiary alicyclic amines) is 1. The van der Waals surface area contributed by atoms with E-state index in [0.717, 1.165) is 10.0 Å². The van der Waals surface area contributed by atoms with Crippen LogP contribution in [0.25, 0.3) is 0 Å². The van der Waals surface area contributed by atoms with Crippen LogP contribution in [0.4, 0.5) is 0 Å². The van der Waals surface area contributed by atoms with E-state index in [0.29, 0.717) is 13.0 Å². The van der Waals surface area contributed by atoms with Gasteiger partial charge in [0.15, 0.2) is 0 Å². The maximum atomic E-state index is 12.8. The lowest BCUT2D eigenvalue weighted by atomic mass is 9.83. The van der Waals surface area contributed by atoms with E-state index in [-0.39, 0.29) is 12.5 Å². The first-order valence-electron chi connectivity index (χ1n) is 6.96. The average Bonchev–Trinajstić information content (AvgIpc) is 2.82. The summed E-state index contributed by atoms with van der Waals surface area (Å²) in [7, 11) is 0. The van der Waals surface area contributed by atoms with Gasteiger partial charge in [-0.25, -0.2) is 0 Å². The minimum atomic E-state index is -0.834. The van der Waals surface area contributed by atoms with E-state index in [1.54, 1.807) is 11.8 Å². The number of halogens is 1. The summed E-state index contributed by atoms with van der Waals surface area (Å²) in [6.07, 6.45) is 0.504. The average molecular weight is 354 g/mol. The summed E-state index contributed by atoms with van der Waals surface area (Å²) in [5.74, 6) is -0.853. The zero-order valence-corrected chi connectivity index (χ0v) is 14.1. The molecule has 1 unspecified atom stereocenters. The smallest absolute Gasteiger partial charge is 0.311 e. The molecule has 1 aliphatic heterocycles. The van der Waals surface area contributed by atoms with Crippen molar-refractivity contribution in [2.24, 2.45) is 5.41 Å². The van der Waals surface area contributed by atoms with Gasteiger partial charge < -0.3 is 10.0 Å². The highest BCUT2D eigenvalue weighted by atomic mass is 79.9. The minimum Gasteiger partial charge on any atom is -0.481 e. The van der Waals surface area contributed by atoms with Crippen LogP contribution in [0.2, 0.25) is 0 Å². The Morgan fingerprint density at radius 2 is 1.86 bits per heavy atom. The van der Waals surface area contributed by atoms with Gasteiger partial charge in [-0.15, -0.1) is 0 Å². The quantitative estimate of drug-likeness (QED) is 0.908. The third-order valence-electron chi connectivity index (χ3n) is 4.38. The van der Waals surface area contributed by atoms with Gasteiger partial charge in [-0.2, -0.15) is 0 Å². The molecule has 0 saturated carbocycles. The molecule has 0 aliphatic carbocycles. The third kappa shape index (κ3) is 2.98. The highest BCUT2D eigenvalue weighted by molar-refractivity contribution is 9.10. The maximum Gasteiger partial charge on any atom is 0.311 e. The maximum absolute atomic E-state index is 12.8. The Morgan fingerprint density at radius 3 is 2.33 bits per heavy atom. The van der Waals surface area contributed by atoms with E-state index in [2.05, 4.69) is 15.9 Å². The zero-order chi connectivity index (χ0) is 15.8. The fourth-order valence-corrected chi connectivity index (χ4v) is 2.96. The zero-order valence-electron chi connectivity index (χ0n) is 12.5. The molecule has 1 N–H and O–H groups in total. The molecule has 0 bridgehead atoms. The van der Waals surface area contributed by atoms with Crippen LogP contribution in [0.15, 0.2) is 28.7 Å². The predicted octanol–water partition coefficient (Wildman–Crippen LogP) is 3.05. The normalized spacial score (nSPS) is 22.4. The van der Waals surface area contributed by atoms with Gasteiger partial charge in [0.25, 0.3) is 0 Å². The molecule has 1 atom stereocenters. The van der Waals surface area contributed by atoms with Gasteiger partial charge in [0.05, 0.1) is 10.8 Å². The van der Waals surface area contributed by atoms with Gasteiger partial charge >= 0.3 is 5.97 Å². The van der Waals surface area contributed by atoms with E-state index in [1.165, 1.54) is 0 Å². The fourth-order valence-electron chi connectivity index (χ4n) is 2.69. The van der Waals surface area contributed by atoms with Gasteiger partial charge in [-0.1, -0.05) is 28.1 Å². The molecule has 1 heterocycles. The summed E-state index contributed by atoms with van der Waals surface area (Å²) in [5, 5.41) is 9.28. The first-order chi connectivity index (χ1) is 9.67. The number of amides is 1. The largest absolute Gasteiger partial charge is 0.481 e. The van der Waals surface area contributed by atoms with Crippen molar-refractivity contribution in [1.82, 2.24) is 4.90 Å². The van der Waals surface area contributed by atoms with Crippen LogP contribution in [0.1, 0.15) is 32.8 Å². The van der Waals surface area contributed by atoms with E-state index in [1.807, 2.05) is 38.1 Å². The molecule has 0 aromatic heterocycles. The van der Waals surface area contributed by atoms with E-state index in [4.69, 9.17) is 0 Å². The SMILES string of the molecule is CC1(C(=O)O)CCN(C(=O)C(C)(C)c2ccc(Br)cc2)C1. The number of hydrogen-bond donors (Lipinski definition) is 1. The molecular weight excluding hydrogens is 334 g/mol. The molecule has 1 aromatic rings. The summed E-state index contributed by atoms with van der Waals surface area (Å²) < 4.78 is 0.967. The van der Waals surface area contributed by atoms with Crippen molar-refractivity contribution in [1.29, 1.82) is 0 Å². The van der Waals surface area contributed by atoms with Crippen molar-refractivity contribution in [3.8, 4) is 0 Å². The molecule has 1 amide bonds. The number of carbonyl (C=O) groups excluding carboxylic acids is 1. The van der Waals surface area contributed by atoms with Crippen molar-refractivity contribution in [3.05, 3.63) is 34.3 Å². The highest BCUT2D eigenvalue weighted by Gasteiger charge is 2.45. The van der Waals surface area contributed by atoms with E-state index < -0.39 is 16.8 Å². The summed E-state index contributed by atoms with van der Waals surface area (Å²) in [6, 6.07) is 7.67. The van der Waals surface area contributed by atoms with Crippen LogP contribution in [0, 0.1) is 5.41 Å². The number of carboxylic acids is 1. The molecule has 21 heavy (non-hydrogen) atoms. The summed E-state index contributed by atoms with van der Waals surface area (Å²) in [4.78, 5) is 25.8. The molecule has 0 spiro atoms. The Kier molecular flexibility index (Phi) is 4.15. The predicted molar refractivity (Wildman–Crippen MR) is 84.1 cm³/mol. The van der Waals surface area contributed by atoms with Gasteiger partial charge in [-0.3, -0.25) is 9.59 Å². The number of carbonyl (C=O) groups is 2. The number of nitrogens with zero attached hydrogens (tertiary/aromatic N) is 1. The van der Waals surface area contributed by atoms with Crippen LogP contribution in [0.5, 0.6) is 0 Å². The molecule has 114 valence electrons. The molecule has 1 aliphatic rings. The Balaban J connectivity index is 2.20.